The lowest BCUT2D eigenvalue weighted by atomic mass is 10.1. The first kappa shape index (κ1) is 15.9. The zero-order chi connectivity index (χ0) is 15.6. The fourth-order valence-corrected chi connectivity index (χ4v) is 2.82. The number of carbonyl (C=O) groups is 1. The van der Waals surface area contributed by atoms with Gasteiger partial charge in [-0.25, -0.2) is 4.39 Å². The maximum absolute atomic E-state index is 13.9. The van der Waals surface area contributed by atoms with Gasteiger partial charge in [0.1, 0.15) is 5.82 Å². The zero-order valence-corrected chi connectivity index (χ0v) is 12.9. The number of piperazine rings is 1. The maximum atomic E-state index is 13.9. The molecule has 1 fully saturated rings. The van der Waals surface area contributed by atoms with Crippen LogP contribution in [-0.2, 0) is 0 Å². The minimum Gasteiger partial charge on any atom is -0.389 e. The number of nitrogens with zero attached hydrogens (tertiary/aromatic N) is 2. The standard InChI is InChI=1S/C16H23FN2O2/c1-12(20)15-13(17)5-4-6-14(15)19-9-7-18(8-10-19)11-16(2,3)21/h4-6,21H,7-11H2,1-3H3. The minimum absolute atomic E-state index is 0.174. The summed E-state index contributed by atoms with van der Waals surface area (Å²) in [5.74, 6) is -0.707. The van der Waals surface area contributed by atoms with Gasteiger partial charge < -0.3 is 10.0 Å². The predicted molar refractivity (Wildman–Crippen MR) is 81.4 cm³/mol. The molecule has 21 heavy (non-hydrogen) atoms. The normalized spacial score (nSPS) is 17.1. The minimum atomic E-state index is -0.717. The monoisotopic (exact) mass is 294 g/mol. The first-order chi connectivity index (χ1) is 9.78. The van der Waals surface area contributed by atoms with Gasteiger partial charge in [-0.2, -0.15) is 0 Å². The molecule has 1 aliphatic heterocycles. The number of hydrogen-bond donors (Lipinski definition) is 1. The number of β-amino-alcohol motifs (C(OH)–C–C–N with tert-alkyl or cyclic N) is 1. The Hall–Kier alpha value is -1.46. The van der Waals surface area contributed by atoms with E-state index in [-0.39, 0.29) is 11.3 Å². The van der Waals surface area contributed by atoms with E-state index in [0.717, 1.165) is 26.2 Å². The average Bonchev–Trinajstić information content (AvgIpc) is 2.37. The molecule has 0 bridgehead atoms. The average molecular weight is 294 g/mol. The van der Waals surface area contributed by atoms with Gasteiger partial charge in [0, 0.05) is 32.7 Å². The summed E-state index contributed by atoms with van der Waals surface area (Å²) in [6, 6.07) is 4.76. The second-order valence-corrected chi connectivity index (χ2v) is 6.27. The van der Waals surface area contributed by atoms with E-state index in [0.29, 0.717) is 12.2 Å². The topological polar surface area (TPSA) is 43.8 Å². The van der Waals surface area contributed by atoms with E-state index in [9.17, 15) is 14.3 Å². The van der Waals surface area contributed by atoms with Crippen molar-refractivity contribution in [1.82, 2.24) is 4.90 Å². The van der Waals surface area contributed by atoms with E-state index in [2.05, 4.69) is 4.90 Å². The molecule has 1 heterocycles. The van der Waals surface area contributed by atoms with Crippen LogP contribution in [0.3, 0.4) is 0 Å². The second kappa shape index (κ2) is 6.12. The van der Waals surface area contributed by atoms with Gasteiger partial charge in [-0.1, -0.05) is 6.07 Å². The van der Waals surface area contributed by atoms with Gasteiger partial charge in [0.2, 0.25) is 0 Å². The number of rotatable bonds is 4. The molecule has 0 radical (unpaired) electrons. The fourth-order valence-electron chi connectivity index (χ4n) is 2.82. The molecule has 0 atom stereocenters. The molecule has 4 nitrogen and oxygen atoms in total. The van der Waals surface area contributed by atoms with Crippen LogP contribution in [-0.4, -0.2) is 54.1 Å². The summed E-state index contributed by atoms with van der Waals surface area (Å²) < 4.78 is 13.9. The summed E-state index contributed by atoms with van der Waals surface area (Å²) >= 11 is 0. The summed E-state index contributed by atoms with van der Waals surface area (Å²) in [5, 5.41) is 9.86. The van der Waals surface area contributed by atoms with Crippen molar-refractivity contribution in [3.8, 4) is 0 Å². The number of aliphatic hydroxyl groups is 1. The largest absolute Gasteiger partial charge is 0.389 e. The molecule has 5 heteroatoms. The van der Waals surface area contributed by atoms with E-state index in [1.165, 1.54) is 13.0 Å². The highest BCUT2D eigenvalue weighted by molar-refractivity contribution is 6.00. The molecule has 0 saturated carbocycles. The van der Waals surface area contributed by atoms with Crippen LogP contribution in [0.4, 0.5) is 10.1 Å². The smallest absolute Gasteiger partial charge is 0.164 e. The number of carbonyl (C=O) groups excluding carboxylic acids is 1. The van der Waals surface area contributed by atoms with E-state index >= 15 is 0 Å². The maximum Gasteiger partial charge on any atom is 0.164 e. The number of ketones is 1. The van der Waals surface area contributed by atoms with Crippen LogP contribution >= 0.6 is 0 Å². The highest BCUT2D eigenvalue weighted by atomic mass is 19.1. The molecule has 0 aliphatic carbocycles. The molecular weight excluding hydrogens is 271 g/mol. The molecule has 1 aromatic carbocycles. The van der Waals surface area contributed by atoms with Crippen LogP contribution in [0, 0.1) is 5.82 Å². The highest BCUT2D eigenvalue weighted by Crippen LogP contribution is 2.25. The number of benzene rings is 1. The van der Waals surface area contributed by atoms with E-state index in [4.69, 9.17) is 0 Å². The van der Waals surface area contributed by atoms with Gasteiger partial charge in [0.05, 0.1) is 16.9 Å². The van der Waals surface area contributed by atoms with Crippen LogP contribution in [0.25, 0.3) is 0 Å². The quantitative estimate of drug-likeness (QED) is 0.862. The molecule has 0 aromatic heterocycles. The number of hydrogen-bond acceptors (Lipinski definition) is 4. The van der Waals surface area contributed by atoms with Crippen molar-refractivity contribution in [1.29, 1.82) is 0 Å². The van der Waals surface area contributed by atoms with Crippen LogP contribution in [0.1, 0.15) is 31.1 Å². The Morgan fingerprint density at radius 2 is 1.90 bits per heavy atom. The van der Waals surface area contributed by atoms with Gasteiger partial charge in [-0.05, 0) is 32.9 Å². The van der Waals surface area contributed by atoms with Gasteiger partial charge in [-0.3, -0.25) is 9.69 Å². The first-order valence-electron chi connectivity index (χ1n) is 7.27. The summed E-state index contributed by atoms with van der Waals surface area (Å²) in [6.45, 7) is 8.62. The number of Topliss-reactive ketones (excluding diaryl/α,β-unsaturated/α-hetero) is 1. The lowest BCUT2D eigenvalue weighted by Gasteiger charge is -2.38. The van der Waals surface area contributed by atoms with Gasteiger partial charge in [-0.15, -0.1) is 0 Å². The Balaban J connectivity index is 2.10. The van der Waals surface area contributed by atoms with Crippen molar-refractivity contribution in [2.24, 2.45) is 0 Å². The third-order valence-corrected chi connectivity index (χ3v) is 3.67. The van der Waals surface area contributed by atoms with Gasteiger partial charge in [0.25, 0.3) is 0 Å². The number of halogens is 1. The Morgan fingerprint density at radius 3 is 2.43 bits per heavy atom. The fraction of sp³-hybridized carbons (Fsp3) is 0.562. The van der Waals surface area contributed by atoms with Crippen LogP contribution < -0.4 is 4.90 Å². The molecule has 1 N–H and O–H groups in total. The van der Waals surface area contributed by atoms with E-state index < -0.39 is 11.4 Å². The molecule has 2 rings (SSSR count). The second-order valence-electron chi connectivity index (χ2n) is 6.27. The predicted octanol–water partition coefficient (Wildman–Crippen LogP) is 1.92. The molecule has 1 aromatic rings. The van der Waals surface area contributed by atoms with E-state index in [1.54, 1.807) is 26.0 Å². The van der Waals surface area contributed by atoms with Crippen molar-refractivity contribution in [3.05, 3.63) is 29.6 Å². The summed E-state index contributed by atoms with van der Waals surface area (Å²) in [6.07, 6.45) is 0. The molecular formula is C16H23FN2O2. The Morgan fingerprint density at radius 1 is 1.29 bits per heavy atom. The van der Waals surface area contributed by atoms with Crippen molar-refractivity contribution in [3.63, 3.8) is 0 Å². The Labute approximate surface area is 125 Å². The van der Waals surface area contributed by atoms with E-state index in [1.807, 2.05) is 4.90 Å². The van der Waals surface area contributed by atoms with Gasteiger partial charge >= 0.3 is 0 Å². The summed E-state index contributed by atoms with van der Waals surface area (Å²) in [5.41, 5.74) is 0.129. The summed E-state index contributed by atoms with van der Waals surface area (Å²) in [7, 11) is 0. The highest BCUT2D eigenvalue weighted by Gasteiger charge is 2.25. The van der Waals surface area contributed by atoms with Crippen LogP contribution in [0.5, 0.6) is 0 Å². The molecule has 1 aliphatic rings. The van der Waals surface area contributed by atoms with Crippen molar-refractivity contribution in [2.45, 2.75) is 26.4 Å². The molecule has 0 spiro atoms. The third kappa shape index (κ3) is 4.02. The molecule has 116 valence electrons. The van der Waals surface area contributed by atoms with Crippen molar-refractivity contribution in [2.75, 3.05) is 37.6 Å². The first-order valence-corrected chi connectivity index (χ1v) is 7.27. The lowest BCUT2D eigenvalue weighted by molar-refractivity contribution is 0.0345. The molecule has 1 saturated heterocycles. The lowest BCUT2D eigenvalue weighted by Crippen LogP contribution is -2.50. The Bertz CT molecular complexity index is 517. The molecule has 0 unspecified atom stereocenters. The van der Waals surface area contributed by atoms with Crippen molar-refractivity contribution >= 4 is 11.5 Å². The van der Waals surface area contributed by atoms with Gasteiger partial charge in [0.15, 0.2) is 5.78 Å². The number of anilines is 1. The SMILES string of the molecule is CC(=O)c1c(F)cccc1N1CCN(CC(C)(C)O)CC1. The van der Waals surface area contributed by atoms with Crippen molar-refractivity contribution < 1.29 is 14.3 Å². The Kier molecular flexibility index (Phi) is 4.64. The molecule has 0 amide bonds. The third-order valence-electron chi connectivity index (χ3n) is 3.67. The summed E-state index contributed by atoms with van der Waals surface area (Å²) in [4.78, 5) is 15.9. The zero-order valence-electron chi connectivity index (χ0n) is 12.9. The van der Waals surface area contributed by atoms with Crippen LogP contribution in [0.15, 0.2) is 18.2 Å². The van der Waals surface area contributed by atoms with Crippen LogP contribution in [0.2, 0.25) is 0 Å².